The maximum Gasteiger partial charge on any atom is 0.416 e. The number of hydrogen-bond donors (Lipinski definition) is 1. The van der Waals surface area contributed by atoms with Crippen molar-refractivity contribution in [2.45, 2.75) is 12.2 Å². The number of imidazole rings is 1. The molecule has 3 heterocycles. The van der Waals surface area contributed by atoms with Crippen LogP contribution in [-0.4, -0.2) is 39.2 Å². The second kappa shape index (κ2) is 6.66. The van der Waals surface area contributed by atoms with Gasteiger partial charge in [-0.05, 0) is 23.8 Å². The summed E-state index contributed by atoms with van der Waals surface area (Å²) in [5, 5.41) is 2.55. The van der Waals surface area contributed by atoms with Crippen molar-refractivity contribution in [1.29, 1.82) is 0 Å². The molecule has 0 saturated carbocycles. The fourth-order valence-corrected chi connectivity index (χ4v) is 3.40. The highest BCUT2D eigenvalue weighted by molar-refractivity contribution is 5.99. The molecule has 1 aliphatic heterocycles. The summed E-state index contributed by atoms with van der Waals surface area (Å²) in [7, 11) is 0. The number of pyridine rings is 1. The third kappa shape index (κ3) is 3.08. The van der Waals surface area contributed by atoms with Gasteiger partial charge in [0.25, 0.3) is 5.91 Å². The van der Waals surface area contributed by atoms with Gasteiger partial charge in [-0.1, -0.05) is 18.2 Å². The predicted molar refractivity (Wildman–Crippen MR) is 93.4 cm³/mol. The Morgan fingerprint density at radius 3 is 2.75 bits per heavy atom. The number of alkyl halides is 3. The quantitative estimate of drug-likeness (QED) is 0.734. The van der Waals surface area contributed by atoms with Gasteiger partial charge in [-0.3, -0.25) is 9.59 Å². The zero-order valence-corrected chi connectivity index (χ0v) is 14.5. The molecule has 1 atom stereocenters. The largest absolute Gasteiger partial charge is 0.416 e. The molecule has 1 fully saturated rings. The summed E-state index contributed by atoms with van der Waals surface area (Å²) in [6.07, 6.45) is 0.274. The molecule has 0 bridgehead atoms. The molecule has 6 nitrogen and oxygen atoms in total. The van der Waals surface area contributed by atoms with Gasteiger partial charge in [-0.2, -0.15) is 13.2 Å². The van der Waals surface area contributed by atoms with E-state index in [-0.39, 0.29) is 24.2 Å². The van der Waals surface area contributed by atoms with Gasteiger partial charge >= 0.3 is 6.18 Å². The van der Waals surface area contributed by atoms with E-state index in [1.165, 1.54) is 23.1 Å². The van der Waals surface area contributed by atoms with Gasteiger partial charge in [0, 0.05) is 37.2 Å². The summed E-state index contributed by atoms with van der Waals surface area (Å²) in [5.74, 6) is -1.17. The highest BCUT2D eigenvalue weighted by Crippen LogP contribution is 2.37. The number of amides is 2. The molecule has 2 aromatic heterocycles. The van der Waals surface area contributed by atoms with Gasteiger partial charge < -0.3 is 14.6 Å². The van der Waals surface area contributed by atoms with Crippen LogP contribution in [0, 0.1) is 0 Å². The summed E-state index contributed by atoms with van der Waals surface area (Å²) in [6.45, 7) is 0.266. The Labute approximate surface area is 157 Å². The van der Waals surface area contributed by atoms with Crippen LogP contribution in [0.15, 0.2) is 55.0 Å². The normalized spacial score (nSPS) is 17.6. The van der Waals surface area contributed by atoms with Crippen molar-refractivity contribution in [3.05, 3.63) is 71.7 Å². The molecule has 1 aromatic carbocycles. The van der Waals surface area contributed by atoms with Crippen LogP contribution in [0.25, 0.3) is 5.65 Å². The zero-order valence-electron chi connectivity index (χ0n) is 14.5. The Morgan fingerprint density at radius 2 is 1.96 bits per heavy atom. The van der Waals surface area contributed by atoms with E-state index >= 15 is 0 Å². The molecule has 9 heteroatoms. The first-order valence-electron chi connectivity index (χ1n) is 8.54. The van der Waals surface area contributed by atoms with Crippen LogP contribution in [0.5, 0.6) is 0 Å². The predicted octanol–water partition coefficient (Wildman–Crippen LogP) is 2.67. The minimum atomic E-state index is -4.64. The number of carbonyl (C=O) groups excluding carboxylic acids is 2. The van der Waals surface area contributed by atoms with Crippen molar-refractivity contribution in [1.82, 2.24) is 19.6 Å². The molecule has 4 rings (SSSR count). The van der Waals surface area contributed by atoms with E-state index in [0.717, 1.165) is 6.07 Å². The molecule has 0 spiro atoms. The van der Waals surface area contributed by atoms with Crippen LogP contribution in [0.3, 0.4) is 0 Å². The van der Waals surface area contributed by atoms with Crippen molar-refractivity contribution in [2.75, 3.05) is 13.1 Å². The number of benzene rings is 1. The van der Waals surface area contributed by atoms with Gasteiger partial charge in [0.15, 0.2) is 0 Å². The molecule has 1 aliphatic rings. The van der Waals surface area contributed by atoms with Gasteiger partial charge in [0.1, 0.15) is 11.7 Å². The van der Waals surface area contributed by atoms with E-state index in [1.54, 1.807) is 35.1 Å². The van der Waals surface area contributed by atoms with E-state index in [1.807, 2.05) is 0 Å². The van der Waals surface area contributed by atoms with E-state index in [9.17, 15) is 22.8 Å². The van der Waals surface area contributed by atoms with Crippen molar-refractivity contribution >= 4 is 17.5 Å². The first-order valence-corrected chi connectivity index (χ1v) is 8.54. The maximum atomic E-state index is 13.5. The van der Waals surface area contributed by atoms with E-state index in [2.05, 4.69) is 10.3 Å². The van der Waals surface area contributed by atoms with Crippen molar-refractivity contribution in [3.63, 3.8) is 0 Å². The van der Waals surface area contributed by atoms with Crippen molar-refractivity contribution in [3.8, 4) is 0 Å². The van der Waals surface area contributed by atoms with E-state index < -0.39 is 29.6 Å². The molecule has 0 radical (unpaired) electrons. The summed E-state index contributed by atoms with van der Waals surface area (Å²) in [4.78, 5) is 30.9. The number of fused-ring (bicyclic) bond motifs is 1. The number of halogens is 3. The molecule has 1 saturated heterocycles. The standard InChI is InChI=1S/C19H15F3N4O2/c20-19(21,22)14-4-2-1-3-13(14)16-17(27)24-7-10-26(16)18(28)12-5-8-25-9-6-23-15(25)11-12/h1-6,8-9,11,16H,7,10H2,(H,24,27). The topological polar surface area (TPSA) is 66.7 Å². The number of nitrogens with zero attached hydrogens (tertiary/aromatic N) is 3. The lowest BCUT2D eigenvalue weighted by Crippen LogP contribution is -2.52. The minimum absolute atomic E-state index is 0.0983. The molecule has 1 N–H and O–H groups in total. The first-order chi connectivity index (χ1) is 13.4. The fraction of sp³-hybridized carbons (Fsp3) is 0.211. The number of hydrogen-bond acceptors (Lipinski definition) is 3. The summed E-state index contributed by atoms with van der Waals surface area (Å²) < 4.78 is 42.1. The number of aromatic nitrogens is 2. The minimum Gasteiger partial charge on any atom is -0.352 e. The Bertz CT molecular complexity index is 1060. The first kappa shape index (κ1) is 18.0. The zero-order chi connectivity index (χ0) is 19.9. The second-order valence-corrected chi connectivity index (χ2v) is 6.39. The smallest absolute Gasteiger partial charge is 0.352 e. The number of carbonyl (C=O) groups is 2. The molecular weight excluding hydrogens is 373 g/mol. The van der Waals surface area contributed by atoms with Crippen LogP contribution in [0.1, 0.15) is 27.5 Å². The van der Waals surface area contributed by atoms with Crippen LogP contribution in [-0.2, 0) is 11.0 Å². The van der Waals surface area contributed by atoms with Crippen LogP contribution >= 0.6 is 0 Å². The van der Waals surface area contributed by atoms with E-state index in [0.29, 0.717) is 5.65 Å². The Hall–Kier alpha value is -3.36. The Balaban J connectivity index is 1.77. The van der Waals surface area contributed by atoms with Gasteiger partial charge in [-0.25, -0.2) is 4.98 Å². The summed E-state index contributed by atoms with van der Waals surface area (Å²) in [5.41, 5.74) is -0.400. The summed E-state index contributed by atoms with van der Waals surface area (Å²) in [6, 6.07) is 6.55. The lowest BCUT2D eigenvalue weighted by atomic mass is 9.96. The number of rotatable bonds is 2. The molecule has 1 unspecified atom stereocenters. The highest BCUT2D eigenvalue weighted by atomic mass is 19.4. The maximum absolute atomic E-state index is 13.5. The lowest BCUT2D eigenvalue weighted by molar-refractivity contribution is -0.139. The lowest BCUT2D eigenvalue weighted by Gasteiger charge is -2.36. The highest BCUT2D eigenvalue weighted by Gasteiger charge is 2.41. The van der Waals surface area contributed by atoms with Gasteiger partial charge in [0.05, 0.1) is 5.56 Å². The molecule has 3 aromatic rings. The van der Waals surface area contributed by atoms with Crippen molar-refractivity contribution in [2.24, 2.45) is 0 Å². The van der Waals surface area contributed by atoms with Crippen LogP contribution in [0.4, 0.5) is 13.2 Å². The molecule has 0 aliphatic carbocycles. The monoisotopic (exact) mass is 388 g/mol. The van der Waals surface area contributed by atoms with E-state index in [4.69, 9.17) is 0 Å². The SMILES string of the molecule is O=C1NCCN(C(=O)c2ccn3ccnc3c2)C1c1ccccc1C(F)(F)F. The second-order valence-electron chi connectivity index (χ2n) is 6.39. The number of nitrogens with one attached hydrogen (secondary N) is 1. The molecular formula is C19H15F3N4O2. The fourth-order valence-electron chi connectivity index (χ4n) is 3.40. The molecule has 144 valence electrons. The van der Waals surface area contributed by atoms with Crippen molar-refractivity contribution < 1.29 is 22.8 Å². The molecule has 28 heavy (non-hydrogen) atoms. The average Bonchev–Trinajstić information content (AvgIpc) is 3.14. The van der Waals surface area contributed by atoms with Gasteiger partial charge in [0.2, 0.25) is 5.91 Å². The van der Waals surface area contributed by atoms with Crippen LogP contribution in [0.2, 0.25) is 0 Å². The Morgan fingerprint density at radius 1 is 1.18 bits per heavy atom. The molecule has 2 amide bonds. The number of piperazine rings is 1. The Kier molecular flexibility index (Phi) is 4.29. The average molecular weight is 388 g/mol. The third-order valence-electron chi connectivity index (χ3n) is 4.68. The van der Waals surface area contributed by atoms with Gasteiger partial charge in [-0.15, -0.1) is 0 Å². The third-order valence-corrected chi connectivity index (χ3v) is 4.68. The van der Waals surface area contributed by atoms with Crippen LogP contribution < -0.4 is 5.32 Å². The summed E-state index contributed by atoms with van der Waals surface area (Å²) >= 11 is 0.